The van der Waals surface area contributed by atoms with Crippen molar-refractivity contribution in [2.75, 3.05) is 14.2 Å². The molecule has 0 atom stereocenters. The Bertz CT molecular complexity index is 1570. The average molecular weight is 476 g/mol. The summed E-state index contributed by atoms with van der Waals surface area (Å²) in [5.41, 5.74) is 4.89. The van der Waals surface area contributed by atoms with Gasteiger partial charge in [0.1, 0.15) is 5.52 Å². The molecule has 8 nitrogen and oxygen atoms in total. The van der Waals surface area contributed by atoms with Crippen LogP contribution in [-0.4, -0.2) is 38.6 Å². The first kappa shape index (κ1) is 21.9. The number of hydrogen-bond acceptors (Lipinski definition) is 6. The van der Waals surface area contributed by atoms with Crippen molar-refractivity contribution in [1.29, 1.82) is 0 Å². The zero-order valence-corrected chi connectivity index (χ0v) is 19.7. The highest BCUT2D eigenvalue weighted by atomic mass is 35.5. The third kappa shape index (κ3) is 3.76. The van der Waals surface area contributed by atoms with Crippen molar-refractivity contribution in [3.63, 3.8) is 0 Å². The summed E-state index contributed by atoms with van der Waals surface area (Å²) < 4.78 is 14.0. The lowest BCUT2D eigenvalue weighted by molar-refractivity contribution is 0.354. The maximum atomic E-state index is 13.2. The summed E-state index contributed by atoms with van der Waals surface area (Å²) in [7, 11) is 3.20. The third-order valence-electron chi connectivity index (χ3n) is 5.85. The molecule has 3 aromatic heterocycles. The SMILES string of the molecule is COc1ccc(CCn2ccc3c(nnc4c(-c5ccc(Cl)cc5)c(C)nn43)c2=O)cc1OC. The van der Waals surface area contributed by atoms with Gasteiger partial charge in [-0.3, -0.25) is 4.79 Å². The molecule has 0 spiro atoms. The number of hydrogen-bond donors (Lipinski definition) is 0. The number of nitrogens with zero attached hydrogens (tertiary/aromatic N) is 5. The Morgan fingerprint density at radius 1 is 0.971 bits per heavy atom. The van der Waals surface area contributed by atoms with Crippen LogP contribution in [0.1, 0.15) is 11.3 Å². The first-order chi connectivity index (χ1) is 16.5. The molecule has 0 amide bonds. The molecule has 0 bridgehead atoms. The average Bonchev–Trinajstić information content (AvgIpc) is 3.20. The van der Waals surface area contributed by atoms with Gasteiger partial charge < -0.3 is 14.0 Å². The molecule has 3 heterocycles. The van der Waals surface area contributed by atoms with Gasteiger partial charge in [0.25, 0.3) is 5.56 Å². The van der Waals surface area contributed by atoms with Gasteiger partial charge in [-0.2, -0.15) is 5.10 Å². The third-order valence-corrected chi connectivity index (χ3v) is 6.10. The number of fused-ring (bicyclic) bond motifs is 3. The fraction of sp³-hybridized carbons (Fsp3) is 0.200. The maximum Gasteiger partial charge on any atom is 0.280 e. The maximum absolute atomic E-state index is 13.2. The van der Waals surface area contributed by atoms with E-state index >= 15 is 0 Å². The summed E-state index contributed by atoms with van der Waals surface area (Å²) in [6, 6.07) is 15.1. The van der Waals surface area contributed by atoms with Crippen LogP contribution in [-0.2, 0) is 13.0 Å². The van der Waals surface area contributed by atoms with Gasteiger partial charge in [-0.15, -0.1) is 10.2 Å². The summed E-state index contributed by atoms with van der Waals surface area (Å²) in [4.78, 5) is 13.2. The van der Waals surface area contributed by atoms with Crippen LogP contribution < -0.4 is 15.0 Å². The molecule has 0 saturated carbocycles. The minimum absolute atomic E-state index is 0.214. The Labute approximate surface area is 200 Å². The Hall–Kier alpha value is -3.91. The highest BCUT2D eigenvalue weighted by Crippen LogP contribution is 2.29. The summed E-state index contributed by atoms with van der Waals surface area (Å²) in [5, 5.41) is 14.0. The zero-order chi connectivity index (χ0) is 23.8. The van der Waals surface area contributed by atoms with Crippen LogP contribution in [0.25, 0.3) is 27.8 Å². The number of rotatable bonds is 6. The van der Waals surface area contributed by atoms with Crippen LogP contribution in [0, 0.1) is 6.92 Å². The normalized spacial score (nSPS) is 11.3. The lowest BCUT2D eigenvalue weighted by Gasteiger charge is -2.11. The smallest absolute Gasteiger partial charge is 0.280 e. The van der Waals surface area contributed by atoms with Crippen LogP contribution in [0.15, 0.2) is 59.5 Å². The molecule has 0 radical (unpaired) electrons. The molecule has 0 unspecified atom stereocenters. The Morgan fingerprint density at radius 3 is 2.47 bits per heavy atom. The molecule has 0 aliphatic rings. The van der Waals surface area contributed by atoms with Crippen LogP contribution in [0.3, 0.4) is 0 Å². The van der Waals surface area contributed by atoms with Gasteiger partial charge in [0.2, 0.25) is 0 Å². The molecule has 5 aromatic rings. The Morgan fingerprint density at radius 2 is 1.74 bits per heavy atom. The minimum Gasteiger partial charge on any atom is -0.493 e. The van der Waals surface area contributed by atoms with Gasteiger partial charge >= 0.3 is 0 Å². The number of benzene rings is 2. The van der Waals surface area contributed by atoms with E-state index in [9.17, 15) is 4.79 Å². The van der Waals surface area contributed by atoms with Crippen molar-refractivity contribution in [1.82, 2.24) is 24.4 Å². The van der Waals surface area contributed by atoms with Gasteiger partial charge in [0, 0.05) is 17.8 Å². The minimum atomic E-state index is -0.214. The van der Waals surface area contributed by atoms with Crippen LogP contribution in [0.2, 0.25) is 5.02 Å². The summed E-state index contributed by atoms with van der Waals surface area (Å²) >= 11 is 6.04. The van der Waals surface area contributed by atoms with Gasteiger partial charge in [-0.25, -0.2) is 4.52 Å². The second-order valence-electron chi connectivity index (χ2n) is 7.89. The molecular weight excluding hydrogens is 454 g/mol. The number of aryl methyl sites for hydroxylation is 3. The van der Waals surface area contributed by atoms with E-state index in [0.29, 0.717) is 40.7 Å². The monoisotopic (exact) mass is 475 g/mol. The molecule has 0 aliphatic carbocycles. The quantitative estimate of drug-likeness (QED) is 0.363. The molecule has 2 aromatic carbocycles. The molecule has 9 heteroatoms. The number of methoxy groups -OCH3 is 2. The predicted octanol–water partition coefficient (Wildman–Crippen LogP) is 4.33. The van der Waals surface area contributed by atoms with E-state index in [4.69, 9.17) is 21.1 Å². The molecule has 0 saturated heterocycles. The fourth-order valence-corrected chi connectivity index (χ4v) is 4.23. The van der Waals surface area contributed by atoms with Crippen molar-refractivity contribution in [2.24, 2.45) is 0 Å². The van der Waals surface area contributed by atoms with Crippen molar-refractivity contribution in [3.05, 3.63) is 81.4 Å². The van der Waals surface area contributed by atoms with E-state index in [1.165, 1.54) is 0 Å². The second kappa shape index (κ2) is 8.79. The van der Waals surface area contributed by atoms with E-state index in [-0.39, 0.29) is 11.1 Å². The van der Waals surface area contributed by atoms with E-state index in [1.807, 2.05) is 55.5 Å². The lowest BCUT2D eigenvalue weighted by atomic mass is 10.1. The van der Waals surface area contributed by atoms with E-state index in [1.54, 1.807) is 29.5 Å². The highest BCUT2D eigenvalue weighted by Gasteiger charge is 2.17. The topological polar surface area (TPSA) is 83.5 Å². The largest absolute Gasteiger partial charge is 0.493 e. The van der Waals surface area contributed by atoms with E-state index < -0.39 is 0 Å². The number of ether oxygens (including phenoxy) is 2. The van der Waals surface area contributed by atoms with Gasteiger partial charge in [0.15, 0.2) is 22.7 Å². The second-order valence-corrected chi connectivity index (χ2v) is 8.33. The molecule has 0 N–H and O–H groups in total. The lowest BCUT2D eigenvalue weighted by Crippen LogP contribution is -2.22. The van der Waals surface area contributed by atoms with Gasteiger partial charge in [0.05, 0.1) is 25.5 Å². The first-order valence-corrected chi connectivity index (χ1v) is 11.1. The van der Waals surface area contributed by atoms with Crippen molar-refractivity contribution >= 4 is 28.3 Å². The molecular formula is C25H22ClN5O3. The highest BCUT2D eigenvalue weighted by molar-refractivity contribution is 6.30. The van der Waals surface area contributed by atoms with E-state index in [0.717, 1.165) is 22.4 Å². The van der Waals surface area contributed by atoms with Crippen molar-refractivity contribution < 1.29 is 9.47 Å². The Balaban J connectivity index is 1.51. The summed E-state index contributed by atoms with van der Waals surface area (Å²) in [6.07, 6.45) is 2.41. The van der Waals surface area contributed by atoms with Crippen molar-refractivity contribution in [2.45, 2.75) is 19.9 Å². The number of halogens is 1. The summed E-state index contributed by atoms with van der Waals surface area (Å²) in [5.74, 6) is 1.32. The predicted molar refractivity (Wildman–Crippen MR) is 131 cm³/mol. The zero-order valence-electron chi connectivity index (χ0n) is 18.9. The van der Waals surface area contributed by atoms with Crippen LogP contribution in [0.4, 0.5) is 0 Å². The van der Waals surface area contributed by atoms with Crippen molar-refractivity contribution in [3.8, 4) is 22.6 Å². The fourth-order valence-electron chi connectivity index (χ4n) is 4.11. The molecule has 0 aliphatic heterocycles. The molecule has 34 heavy (non-hydrogen) atoms. The number of aromatic nitrogens is 5. The van der Waals surface area contributed by atoms with Crippen LogP contribution in [0.5, 0.6) is 11.5 Å². The van der Waals surface area contributed by atoms with Gasteiger partial charge in [-0.05, 0) is 54.8 Å². The molecule has 172 valence electrons. The van der Waals surface area contributed by atoms with Crippen LogP contribution >= 0.6 is 11.6 Å². The number of pyridine rings is 1. The molecule has 0 fully saturated rings. The summed E-state index contributed by atoms with van der Waals surface area (Å²) in [6.45, 7) is 2.40. The first-order valence-electron chi connectivity index (χ1n) is 10.7. The standard InChI is InChI=1S/C25H22ClN5O3/c1-15-22(17-5-7-18(26)8-6-17)24-28-27-23-19(31(24)29-15)11-13-30(25(23)32)12-10-16-4-9-20(33-2)21(14-16)34-3/h4-9,11,13-14H,10,12H2,1-3H3. The van der Waals surface area contributed by atoms with E-state index in [2.05, 4.69) is 15.3 Å². The van der Waals surface area contributed by atoms with Gasteiger partial charge in [-0.1, -0.05) is 29.8 Å². The molecule has 5 rings (SSSR count). The Kier molecular flexibility index (Phi) is 5.67.